The Kier molecular flexibility index (Phi) is 4.22. The number of hydrogen-bond acceptors (Lipinski definition) is 7. The third-order valence-electron chi connectivity index (χ3n) is 4.00. The van der Waals surface area contributed by atoms with Gasteiger partial charge in [0.15, 0.2) is 0 Å². The first-order valence-electron chi connectivity index (χ1n) is 7.26. The van der Waals surface area contributed by atoms with E-state index < -0.39 is 11.7 Å². The molecule has 1 aliphatic heterocycles. The fourth-order valence-corrected chi connectivity index (χ4v) is 2.54. The highest BCUT2D eigenvalue weighted by Gasteiger charge is 2.41. The topological polar surface area (TPSA) is 127 Å². The Morgan fingerprint density at radius 1 is 1.43 bits per heavy atom. The quantitative estimate of drug-likeness (QED) is 0.565. The molecule has 0 bridgehead atoms. The van der Waals surface area contributed by atoms with Gasteiger partial charge in [-0.1, -0.05) is 0 Å². The van der Waals surface area contributed by atoms with Gasteiger partial charge in [0, 0.05) is 32.0 Å². The van der Waals surface area contributed by atoms with E-state index in [2.05, 4.69) is 25.3 Å². The molecule has 2 aromatic rings. The number of hydrogen-bond donors (Lipinski definition) is 4. The molecular weight excluding hydrogens is 300 g/mol. The molecule has 0 unspecified atom stereocenters. The van der Waals surface area contributed by atoms with Gasteiger partial charge in [-0.2, -0.15) is 0 Å². The molecule has 1 fully saturated rings. The molecule has 122 valence electrons. The van der Waals surface area contributed by atoms with Crippen LogP contribution in [0.3, 0.4) is 0 Å². The minimum Gasteiger partial charge on any atom is -0.388 e. The molecule has 0 radical (unpaired) electrons. The van der Waals surface area contributed by atoms with Gasteiger partial charge in [0.05, 0.1) is 18.7 Å². The Hall–Kier alpha value is -2.52. The molecule has 3 rings (SSSR count). The number of H-pyrrole nitrogens is 1. The maximum Gasteiger partial charge on any atom is 0.269 e. The second-order valence-electron chi connectivity index (χ2n) is 5.53. The zero-order chi connectivity index (χ0) is 16.3. The van der Waals surface area contributed by atoms with Gasteiger partial charge in [-0.3, -0.25) is 9.78 Å². The number of rotatable bonds is 4. The first kappa shape index (κ1) is 15.4. The number of aromatic nitrogens is 4. The van der Waals surface area contributed by atoms with Crippen LogP contribution in [0.2, 0.25) is 0 Å². The molecular formula is C14H18N6O3. The summed E-state index contributed by atoms with van der Waals surface area (Å²) in [5.41, 5.74) is -1.07. The number of aromatic amines is 1. The molecule has 0 aromatic carbocycles. The van der Waals surface area contributed by atoms with E-state index in [0.29, 0.717) is 24.5 Å². The van der Waals surface area contributed by atoms with Crippen molar-refractivity contribution < 1.29 is 15.0 Å². The van der Waals surface area contributed by atoms with E-state index in [4.69, 9.17) is 0 Å². The van der Waals surface area contributed by atoms with Crippen molar-refractivity contribution in [1.29, 1.82) is 0 Å². The van der Waals surface area contributed by atoms with Crippen LogP contribution in [-0.4, -0.2) is 67.4 Å². The van der Waals surface area contributed by atoms with Gasteiger partial charge in [-0.05, 0) is 6.42 Å². The minimum absolute atomic E-state index is 0.0413. The number of amides is 1. The van der Waals surface area contributed by atoms with Crippen molar-refractivity contribution in [2.45, 2.75) is 18.1 Å². The lowest BCUT2D eigenvalue weighted by Crippen LogP contribution is -2.60. The van der Waals surface area contributed by atoms with Gasteiger partial charge in [0.2, 0.25) is 0 Å². The molecule has 0 saturated carbocycles. The Morgan fingerprint density at radius 3 is 2.96 bits per heavy atom. The number of anilines is 1. The van der Waals surface area contributed by atoms with Gasteiger partial charge < -0.3 is 25.4 Å². The van der Waals surface area contributed by atoms with Crippen LogP contribution in [0, 0.1) is 0 Å². The number of nitrogens with one attached hydrogen (secondary N) is 2. The summed E-state index contributed by atoms with van der Waals surface area (Å²) in [6.45, 7) is 0.682. The predicted octanol–water partition coefficient (Wildman–Crippen LogP) is -1.07. The van der Waals surface area contributed by atoms with Crippen molar-refractivity contribution in [1.82, 2.24) is 25.3 Å². The number of piperidine rings is 1. The molecule has 1 saturated heterocycles. The summed E-state index contributed by atoms with van der Waals surface area (Å²) in [7, 11) is 0. The summed E-state index contributed by atoms with van der Waals surface area (Å²) in [5, 5.41) is 23.5. The highest BCUT2D eigenvalue weighted by molar-refractivity contribution is 5.91. The van der Waals surface area contributed by atoms with E-state index in [1.54, 1.807) is 18.6 Å². The number of carbonyl (C=O) groups excluding carboxylic acids is 1. The Balaban J connectivity index is 1.59. The van der Waals surface area contributed by atoms with Gasteiger partial charge in [-0.15, -0.1) is 0 Å². The van der Waals surface area contributed by atoms with Gasteiger partial charge >= 0.3 is 0 Å². The second kappa shape index (κ2) is 6.31. The molecule has 9 heteroatoms. The predicted molar refractivity (Wildman–Crippen MR) is 80.7 cm³/mol. The highest BCUT2D eigenvalue weighted by Crippen LogP contribution is 2.25. The molecule has 23 heavy (non-hydrogen) atoms. The zero-order valence-electron chi connectivity index (χ0n) is 12.4. The van der Waals surface area contributed by atoms with Crippen LogP contribution in [0.25, 0.3) is 0 Å². The minimum atomic E-state index is -1.38. The summed E-state index contributed by atoms with van der Waals surface area (Å²) in [4.78, 5) is 28.4. The summed E-state index contributed by atoms with van der Waals surface area (Å²) in [6, 6.07) is 0. The van der Waals surface area contributed by atoms with Crippen LogP contribution in [-0.2, 0) is 0 Å². The van der Waals surface area contributed by atoms with Crippen molar-refractivity contribution in [2.24, 2.45) is 0 Å². The average Bonchev–Trinajstić information content (AvgIpc) is 3.11. The molecule has 4 N–H and O–H groups in total. The summed E-state index contributed by atoms with van der Waals surface area (Å²) < 4.78 is 0. The fraction of sp³-hybridized carbons (Fsp3) is 0.429. The monoisotopic (exact) mass is 318 g/mol. The maximum atomic E-state index is 11.9. The Labute approximate surface area is 132 Å². The van der Waals surface area contributed by atoms with Crippen LogP contribution in [0.15, 0.2) is 31.1 Å². The molecule has 2 aromatic heterocycles. The molecule has 3 heterocycles. The van der Waals surface area contributed by atoms with E-state index in [1.165, 1.54) is 12.5 Å². The zero-order valence-corrected chi connectivity index (χ0v) is 12.4. The Bertz CT molecular complexity index is 650. The number of imidazole rings is 1. The maximum absolute atomic E-state index is 11.9. The first-order valence-corrected chi connectivity index (χ1v) is 7.26. The van der Waals surface area contributed by atoms with Crippen molar-refractivity contribution in [3.8, 4) is 0 Å². The summed E-state index contributed by atoms with van der Waals surface area (Å²) >= 11 is 0. The van der Waals surface area contributed by atoms with E-state index >= 15 is 0 Å². The molecule has 0 spiro atoms. The SMILES string of the molecule is O=C(NC[C@]1(O)CCN(c2cnccn2)C[C@H]1O)c1cnc[nH]1. The molecule has 9 nitrogen and oxygen atoms in total. The van der Waals surface area contributed by atoms with Crippen molar-refractivity contribution in [3.05, 3.63) is 36.8 Å². The van der Waals surface area contributed by atoms with Gasteiger partial charge in [0.25, 0.3) is 5.91 Å². The third-order valence-corrected chi connectivity index (χ3v) is 4.00. The first-order chi connectivity index (χ1) is 11.1. The van der Waals surface area contributed by atoms with E-state index in [9.17, 15) is 15.0 Å². The standard InChI is InChI=1S/C14H18N6O3/c21-11-7-20(12-6-15-2-3-17-12)4-1-14(11,23)8-18-13(22)10-5-16-9-19-10/h2-3,5-6,9,11,21,23H,1,4,7-8H2,(H,16,19)(H,18,22)/t11-,14-/m1/s1. The lowest BCUT2D eigenvalue weighted by atomic mass is 9.88. The van der Waals surface area contributed by atoms with Gasteiger partial charge in [-0.25, -0.2) is 9.97 Å². The molecule has 2 atom stereocenters. The van der Waals surface area contributed by atoms with Gasteiger partial charge in [0.1, 0.15) is 23.2 Å². The lowest BCUT2D eigenvalue weighted by Gasteiger charge is -2.42. The summed E-state index contributed by atoms with van der Waals surface area (Å²) in [6.07, 6.45) is 6.84. The van der Waals surface area contributed by atoms with Crippen LogP contribution in [0.5, 0.6) is 0 Å². The summed E-state index contributed by atoms with van der Waals surface area (Å²) in [5.74, 6) is 0.273. The smallest absolute Gasteiger partial charge is 0.269 e. The van der Waals surface area contributed by atoms with Crippen molar-refractivity contribution >= 4 is 11.7 Å². The molecule has 0 aliphatic carbocycles. The number of carbonyl (C=O) groups is 1. The second-order valence-corrected chi connectivity index (χ2v) is 5.53. The highest BCUT2D eigenvalue weighted by atomic mass is 16.3. The lowest BCUT2D eigenvalue weighted by molar-refractivity contribution is -0.0825. The van der Waals surface area contributed by atoms with E-state index in [-0.39, 0.29) is 19.0 Å². The number of nitrogens with zero attached hydrogens (tertiary/aromatic N) is 4. The van der Waals surface area contributed by atoms with Crippen molar-refractivity contribution in [3.63, 3.8) is 0 Å². The normalized spacial score (nSPS) is 24.4. The van der Waals surface area contributed by atoms with E-state index in [0.717, 1.165) is 0 Å². The van der Waals surface area contributed by atoms with Crippen LogP contribution < -0.4 is 10.2 Å². The number of aliphatic hydroxyl groups excluding tert-OH is 1. The number of aliphatic hydroxyl groups is 2. The third kappa shape index (κ3) is 3.30. The van der Waals surface area contributed by atoms with Crippen LogP contribution in [0.1, 0.15) is 16.9 Å². The van der Waals surface area contributed by atoms with Crippen LogP contribution >= 0.6 is 0 Å². The molecule has 1 aliphatic rings. The fourth-order valence-electron chi connectivity index (χ4n) is 2.54. The number of β-amino-alcohol motifs (C(OH)–C–C–N with tert-alkyl or cyclic N) is 1. The van der Waals surface area contributed by atoms with Crippen molar-refractivity contribution in [2.75, 3.05) is 24.5 Å². The van der Waals surface area contributed by atoms with E-state index in [1.807, 2.05) is 4.90 Å². The Morgan fingerprint density at radius 2 is 2.30 bits per heavy atom. The molecule has 1 amide bonds. The average molecular weight is 318 g/mol. The van der Waals surface area contributed by atoms with Crippen LogP contribution in [0.4, 0.5) is 5.82 Å². The largest absolute Gasteiger partial charge is 0.388 e.